The molecule has 3 atom stereocenters. The molecule has 0 saturated carbocycles. The number of aliphatic hydroxyl groups excluding tert-OH is 1. The van der Waals surface area contributed by atoms with E-state index in [1.807, 2.05) is 24.3 Å². The minimum absolute atomic E-state index is 0.145. The zero-order valence-corrected chi connectivity index (χ0v) is 14.2. The highest BCUT2D eigenvalue weighted by Crippen LogP contribution is 2.17. The Hall–Kier alpha value is -0.610. The third-order valence-electron chi connectivity index (χ3n) is 3.38. The van der Waals surface area contributed by atoms with Crippen molar-refractivity contribution >= 4 is 11.6 Å². The van der Waals surface area contributed by atoms with Gasteiger partial charge in [-0.3, -0.25) is 0 Å². The molecule has 0 bridgehead atoms. The number of halogens is 1. The van der Waals surface area contributed by atoms with Gasteiger partial charge in [-0.2, -0.15) is 0 Å². The van der Waals surface area contributed by atoms with Crippen molar-refractivity contribution in [1.82, 2.24) is 5.32 Å². The molecule has 0 aliphatic heterocycles. The highest BCUT2D eigenvalue weighted by molar-refractivity contribution is 6.30. The van der Waals surface area contributed by atoms with Crippen molar-refractivity contribution in [3.8, 4) is 0 Å². The van der Waals surface area contributed by atoms with Crippen LogP contribution in [0.1, 0.15) is 45.7 Å². The first kappa shape index (κ1) is 18.4. The van der Waals surface area contributed by atoms with Crippen LogP contribution in [-0.2, 0) is 4.74 Å². The maximum atomic E-state index is 9.97. The molecule has 4 heteroatoms. The van der Waals surface area contributed by atoms with Gasteiger partial charge in [-0.1, -0.05) is 37.6 Å². The van der Waals surface area contributed by atoms with E-state index in [9.17, 15) is 5.11 Å². The molecule has 120 valence electrons. The second kappa shape index (κ2) is 9.42. The molecular formula is C17H28ClNO2. The van der Waals surface area contributed by atoms with Gasteiger partial charge in [0.1, 0.15) is 0 Å². The first-order chi connectivity index (χ1) is 9.88. The van der Waals surface area contributed by atoms with Crippen LogP contribution in [0.3, 0.4) is 0 Å². The van der Waals surface area contributed by atoms with Crippen molar-refractivity contribution in [2.45, 2.75) is 52.4 Å². The highest BCUT2D eigenvalue weighted by Gasteiger charge is 2.12. The minimum atomic E-state index is -0.499. The van der Waals surface area contributed by atoms with Gasteiger partial charge in [-0.15, -0.1) is 0 Å². The highest BCUT2D eigenvalue weighted by atomic mass is 35.5. The molecule has 1 rings (SSSR count). The molecule has 2 N–H and O–H groups in total. The fourth-order valence-corrected chi connectivity index (χ4v) is 2.47. The smallest absolute Gasteiger partial charge is 0.0898 e. The van der Waals surface area contributed by atoms with Crippen LogP contribution in [0.15, 0.2) is 24.3 Å². The third-order valence-corrected chi connectivity index (χ3v) is 3.62. The number of ether oxygens (including phenoxy) is 1. The van der Waals surface area contributed by atoms with E-state index in [2.05, 4.69) is 33.0 Å². The predicted molar refractivity (Wildman–Crippen MR) is 88.7 cm³/mol. The van der Waals surface area contributed by atoms with E-state index in [0.29, 0.717) is 19.1 Å². The van der Waals surface area contributed by atoms with Crippen molar-refractivity contribution in [3.63, 3.8) is 0 Å². The summed E-state index contributed by atoms with van der Waals surface area (Å²) in [7, 11) is 0. The van der Waals surface area contributed by atoms with E-state index in [1.54, 1.807) is 0 Å². The van der Waals surface area contributed by atoms with Crippen molar-refractivity contribution in [3.05, 3.63) is 34.9 Å². The Morgan fingerprint density at radius 2 is 1.95 bits per heavy atom. The van der Waals surface area contributed by atoms with Gasteiger partial charge in [0.2, 0.25) is 0 Å². The van der Waals surface area contributed by atoms with Crippen molar-refractivity contribution in [1.29, 1.82) is 0 Å². The molecule has 0 amide bonds. The zero-order chi connectivity index (χ0) is 15.8. The topological polar surface area (TPSA) is 41.5 Å². The Labute approximate surface area is 133 Å². The van der Waals surface area contributed by atoms with E-state index in [4.69, 9.17) is 16.3 Å². The average molecular weight is 314 g/mol. The molecule has 2 unspecified atom stereocenters. The number of hydrogen-bond donors (Lipinski definition) is 2. The molecule has 0 radical (unpaired) electrons. The number of rotatable bonds is 9. The van der Waals surface area contributed by atoms with Gasteiger partial charge >= 0.3 is 0 Å². The van der Waals surface area contributed by atoms with Gasteiger partial charge in [-0.25, -0.2) is 0 Å². The second-order valence-corrected chi connectivity index (χ2v) is 6.55. The lowest BCUT2D eigenvalue weighted by molar-refractivity contribution is -0.00914. The van der Waals surface area contributed by atoms with Gasteiger partial charge < -0.3 is 15.2 Å². The van der Waals surface area contributed by atoms with Crippen LogP contribution in [-0.4, -0.2) is 30.5 Å². The Bertz CT molecular complexity index is 412. The van der Waals surface area contributed by atoms with Crippen molar-refractivity contribution in [2.75, 3.05) is 13.2 Å². The normalized spacial score (nSPS) is 16.0. The van der Waals surface area contributed by atoms with Crippen LogP contribution in [0.2, 0.25) is 5.02 Å². The van der Waals surface area contributed by atoms with E-state index in [1.165, 1.54) is 0 Å². The SMILES string of the molecule is CC(C)CC(C)OCC(O)CN[C@@H](C)c1cccc(Cl)c1. The summed E-state index contributed by atoms with van der Waals surface area (Å²) in [5, 5.41) is 14.0. The Kier molecular flexibility index (Phi) is 8.27. The van der Waals surface area contributed by atoms with Crippen LogP contribution in [0.25, 0.3) is 0 Å². The number of hydrogen-bond acceptors (Lipinski definition) is 3. The Morgan fingerprint density at radius 1 is 1.24 bits per heavy atom. The third kappa shape index (κ3) is 7.82. The molecule has 0 aromatic heterocycles. The lowest BCUT2D eigenvalue weighted by Crippen LogP contribution is -2.33. The van der Waals surface area contributed by atoms with Crippen molar-refractivity contribution < 1.29 is 9.84 Å². The summed E-state index contributed by atoms with van der Waals surface area (Å²) in [6.07, 6.45) is 0.699. The molecule has 0 aliphatic carbocycles. The second-order valence-electron chi connectivity index (χ2n) is 6.11. The monoisotopic (exact) mass is 313 g/mol. The fraction of sp³-hybridized carbons (Fsp3) is 0.647. The largest absolute Gasteiger partial charge is 0.389 e. The summed E-state index contributed by atoms with van der Waals surface area (Å²) in [6.45, 7) is 9.32. The summed E-state index contributed by atoms with van der Waals surface area (Å²) in [5.74, 6) is 0.609. The summed E-state index contributed by atoms with van der Waals surface area (Å²) in [4.78, 5) is 0. The maximum Gasteiger partial charge on any atom is 0.0898 e. The van der Waals surface area contributed by atoms with Crippen LogP contribution in [0.4, 0.5) is 0 Å². The molecule has 0 spiro atoms. The van der Waals surface area contributed by atoms with Gasteiger partial charge in [0, 0.05) is 17.6 Å². The summed E-state index contributed by atoms with van der Waals surface area (Å²) in [5.41, 5.74) is 1.11. The van der Waals surface area contributed by atoms with Crippen molar-refractivity contribution in [2.24, 2.45) is 5.92 Å². The average Bonchev–Trinajstić information content (AvgIpc) is 2.41. The first-order valence-electron chi connectivity index (χ1n) is 7.67. The lowest BCUT2D eigenvalue weighted by atomic mass is 10.1. The number of benzene rings is 1. The van der Waals surface area contributed by atoms with Crippen LogP contribution in [0, 0.1) is 5.92 Å². The zero-order valence-electron chi connectivity index (χ0n) is 13.5. The summed E-state index contributed by atoms with van der Waals surface area (Å²) < 4.78 is 5.66. The minimum Gasteiger partial charge on any atom is -0.389 e. The molecule has 0 saturated heterocycles. The summed E-state index contributed by atoms with van der Waals surface area (Å²) in [6, 6.07) is 7.90. The summed E-state index contributed by atoms with van der Waals surface area (Å²) >= 11 is 5.98. The molecule has 1 aromatic carbocycles. The van der Waals surface area contributed by atoms with Crippen LogP contribution in [0.5, 0.6) is 0 Å². The Morgan fingerprint density at radius 3 is 2.57 bits per heavy atom. The van der Waals surface area contributed by atoms with E-state index in [-0.39, 0.29) is 12.1 Å². The standard InChI is InChI=1S/C17H28ClNO2/c1-12(2)8-13(3)21-11-17(20)10-19-14(4)15-6-5-7-16(18)9-15/h5-7,9,12-14,17,19-20H,8,10-11H2,1-4H3/t13?,14-,17?/m0/s1. The van der Waals surface area contributed by atoms with Crippen LogP contribution < -0.4 is 5.32 Å². The van der Waals surface area contributed by atoms with E-state index in [0.717, 1.165) is 17.0 Å². The molecule has 0 aliphatic rings. The quantitative estimate of drug-likeness (QED) is 0.728. The van der Waals surface area contributed by atoms with E-state index < -0.39 is 6.10 Å². The molecule has 21 heavy (non-hydrogen) atoms. The molecule has 0 heterocycles. The molecule has 1 aromatic rings. The molecular weight excluding hydrogens is 286 g/mol. The molecule has 0 fully saturated rings. The van der Waals surface area contributed by atoms with Gasteiger partial charge in [0.05, 0.1) is 18.8 Å². The Balaban J connectivity index is 2.27. The van der Waals surface area contributed by atoms with E-state index >= 15 is 0 Å². The number of nitrogens with one attached hydrogen (secondary N) is 1. The fourth-order valence-electron chi connectivity index (χ4n) is 2.27. The maximum absolute atomic E-state index is 9.97. The number of aliphatic hydroxyl groups is 1. The van der Waals surface area contributed by atoms with Crippen LogP contribution >= 0.6 is 11.6 Å². The molecule has 3 nitrogen and oxygen atoms in total. The lowest BCUT2D eigenvalue weighted by Gasteiger charge is -2.20. The van der Waals surface area contributed by atoms with Gasteiger partial charge in [-0.05, 0) is 43.9 Å². The van der Waals surface area contributed by atoms with Gasteiger partial charge in [0.15, 0.2) is 0 Å². The first-order valence-corrected chi connectivity index (χ1v) is 8.04. The van der Waals surface area contributed by atoms with Gasteiger partial charge in [0.25, 0.3) is 0 Å². The predicted octanol–water partition coefficient (Wildman–Crippen LogP) is 3.80.